The van der Waals surface area contributed by atoms with E-state index in [2.05, 4.69) is 10.3 Å². The van der Waals surface area contributed by atoms with Gasteiger partial charge in [-0.1, -0.05) is 0 Å². The zero-order valence-electron chi connectivity index (χ0n) is 15.6. The lowest BCUT2D eigenvalue weighted by molar-refractivity contribution is -0.137. The fourth-order valence-corrected chi connectivity index (χ4v) is 3.56. The van der Waals surface area contributed by atoms with Gasteiger partial charge in [-0.2, -0.15) is 0 Å². The number of hydrogen-bond acceptors (Lipinski definition) is 5. The van der Waals surface area contributed by atoms with E-state index in [0.717, 1.165) is 26.5 Å². The third kappa shape index (κ3) is 4.77. The van der Waals surface area contributed by atoms with Crippen LogP contribution in [-0.4, -0.2) is 47.2 Å². The van der Waals surface area contributed by atoms with E-state index >= 15 is 0 Å². The molecule has 0 fully saturated rings. The lowest BCUT2D eigenvalue weighted by Crippen LogP contribution is -2.33. The van der Waals surface area contributed by atoms with Gasteiger partial charge in [-0.15, -0.1) is 11.3 Å². The Morgan fingerprint density at radius 1 is 1.21 bits per heavy atom. The Morgan fingerprint density at radius 2 is 1.96 bits per heavy atom. The molecule has 3 rings (SSSR count). The number of thiazole rings is 1. The molecule has 1 heterocycles. The monoisotopic (exact) mass is 399 g/mol. The number of aromatic nitrogens is 1. The van der Waals surface area contributed by atoms with Crippen molar-refractivity contribution >= 4 is 39.2 Å². The number of fused-ring (bicyclic) bond motifs is 1. The molecule has 0 aliphatic rings. The van der Waals surface area contributed by atoms with Crippen molar-refractivity contribution in [3.05, 3.63) is 42.5 Å². The molecule has 0 bridgehead atoms. The second-order valence-electron chi connectivity index (χ2n) is 6.15. The summed E-state index contributed by atoms with van der Waals surface area (Å²) in [6, 6.07) is 12.9. The van der Waals surface area contributed by atoms with Gasteiger partial charge in [0.15, 0.2) is 0 Å². The highest BCUT2D eigenvalue weighted by Gasteiger charge is 2.11. The third-order valence-corrected chi connectivity index (χ3v) is 5.13. The second-order valence-corrected chi connectivity index (χ2v) is 7.19. The lowest BCUT2D eigenvalue weighted by Gasteiger charge is -2.16. The first kappa shape index (κ1) is 19.6. The van der Waals surface area contributed by atoms with Crippen molar-refractivity contribution < 1.29 is 19.4 Å². The first-order valence-corrected chi connectivity index (χ1v) is 9.65. The van der Waals surface area contributed by atoms with E-state index in [1.54, 1.807) is 30.5 Å². The Morgan fingerprint density at radius 3 is 2.64 bits per heavy atom. The van der Waals surface area contributed by atoms with Crippen LogP contribution in [0, 0.1) is 0 Å². The average molecular weight is 399 g/mol. The smallest absolute Gasteiger partial charge is 0.321 e. The zero-order chi connectivity index (χ0) is 20.1. The summed E-state index contributed by atoms with van der Waals surface area (Å²) < 4.78 is 6.59. The van der Waals surface area contributed by atoms with Crippen molar-refractivity contribution in [2.45, 2.75) is 13.3 Å². The molecule has 146 valence electrons. The average Bonchev–Trinajstić information content (AvgIpc) is 3.10. The molecule has 28 heavy (non-hydrogen) atoms. The SMILES string of the molecule is CCOc1ccc2nc(-c3ccc(NC(=O)N(C)CCC(=O)O)cc3)sc2c1. The van der Waals surface area contributed by atoms with Gasteiger partial charge in [-0.3, -0.25) is 4.79 Å². The van der Waals surface area contributed by atoms with Crippen LogP contribution in [-0.2, 0) is 4.79 Å². The summed E-state index contributed by atoms with van der Waals surface area (Å²) in [7, 11) is 1.56. The number of carboxylic acids is 1. The number of nitrogens with one attached hydrogen (secondary N) is 1. The van der Waals surface area contributed by atoms with E-state index in [-0.39, 0.29) is 19.0 Å². The van der Waals surface area contributed by atoms with Gasteiger partial charge >= 0.3 is 12.0 Å². The number of urea groups is 1. The van der Waals surface area contributed by atoms with E-state index in [9.17, 15) is 9.59 Å². The topological polar surface area (TPSA) is 91.8 Å². The number of nitrogens with zero attached hydrogens (tertiary/aromatic N) is 2. The Balaban J connectivity index is 1.69. The van der Waals surface area contributed by atoms with Crippen molar-refractivity contribution in [1.82, 2.24) is 9.88 Å². The predicted octanol–water partition coefficient (Wildman–Crippen LogP) is 4.30. The molecule has 1 aromatic heterocycles. The summed E-state index contributed by atoms with van der Waals surface area (Å²) in [4.78, 5) is 28.7. The summed E-state index contributed by atoms with van der Waals surface area (Å²) >= 11 is 1.58. The molecule has 0 saturated heterocycles. The van der Waals surface area contributed by atoms with Crippen LogP contribution in [0.4, 0.5) is 10.5 Å². The molecule has 0 unspecified atom stereocenters. The highest BCUT2D eigenvalue weighted by atomic mass is 32.1. The summed E-state index contributed by atoms with van der Waals surface area (Å²) in [6.45, 7) is 2.72. The van der Waals surface area contributed by atoms with Gasteiger partial charge < -0.3 is 20.1 Å². The van der Waals surface area contributed by atoms with Crippen LogP contribution in [0.5, 0.6) is 5.75 Å². The highest BCUT2D eigenvalue weighted by molar-refractivity contribution is 7.21. The summed E-state index contributed by atoms with van der Waals surface area (Å²) in [6.07, 6.45) is -0.0918. The van der Waals surface area contributed by atoms with Gasteiger partial charge in [0.2, 0.25) is 0 Å². The molecule has 8 heteroatoms. The van der Waals surface area contributed by atoms with Crippen molar-refractivity contribution in [3.63, 3.8) is 0 Å². The normalized spacial score (nSPS) is 10.6. The first-order valence-electron chi connectivity index (χ1n) is 8.84. The number of rotatable bonds is 7. The quantitative estimate of drug-likeness (QED) is 0.618. The standard InChI is InChI=1S/C20H21N3O4S/c1-3-27-15-8-9-16-17(12-15)28-19(22-16)13-4-6-14(7-5-13)21-20(26)23(2)11-10-18(24)25/h4-9,12H,3,10-11H2,1-2H3,(H,21,26)(H,24,25). The molecule has 2 amide bonds. The van der Waals surface area contributed by atoms with Crippen molar-refractivity contribution in [1.29, 1.82) is 0 Å². The van der Waals surface area contributed by atoms with Gasteiger partial charge in [0.05, 0.1) is 23.2 Å². The fraction of sp³-hybridized carbons (Fsp3) is 0.250. The van der Waals surface area contributed by atoms with Gasteiger partial charge in [-0.25, -0.2) is 9.78 Å². The van der Waals surface area contributed by atoms with Crippen LogP contribution in [0.25, 0.3) is 20.8 Å². The van der Waals surface area contributed by atoms with Crippen LogP contribution in [0.15, 0.2) is 42.5 Å². The number of aliphatic carboxylic acids is 1. The molecule has 0 saturated carbocycles. The molecular weight excluding hydrogens is 378 g/mol. The van der Waals surface area contributed by atoms with E-state index in [1.807, 2.05) is 37.3 Å². The minimum Gasteiger partial charge on any atom is -0.494 e. The van der Waals surface area contributed by atoms with Crippen molar-refractivity contribution in [2.75, 3.05) is 25.5 Å². The number of ether oxygens (including phenoxy) is 1. The molecule has 0 aliphatic carbocycles. The molecule has 0 atom stereocenters. The maximum absolute atomic E-state index is 12.1. The van der Waals surface area contributed by atoms with Gasteiger partial charge in [-0.05, 0) is 49.4 Å². The zero-order valence-corrected chi connectivity index (χ0v) is 16.5. The van der Waals surface area contributed by atoms with E-state index in [0.29, 0.717) is 12.3 Å². The lowest BCUT2D eigenvalue weighted by atomic mass is 10.2. The molecule has 3 aromatic rings. The number of carbonyl (C=O) groups is 2. The number of carbonyl (C=O) groups excluding carboxylic acids is 1. The Kier molecular flexibility index (Phi) is 6.10. The van der Waals surface area contributed by atoms with Gasteiger partial charge in [0.1, 0.15) is 10.8 Å². The van der Waals surface area contributed by atoms with E-state index in [4.69, 9.17) is 9.84 Å². The van der Waals surface area contributed by atoms with Crippen LogP contribution in [0.2, 0.25) is 0 Å². The van der Waals surface area contributed by atoms with Crippen LogP contribution in [0.3, 0.4) is 0 Å². The summed E-state index contributed by atoms with van der Waals surface area (Å²) in [5, 5.41) is 12.3. The molecular formula is C20H21N3O4S. The fourth-order valence-electron chi connectivity index (χ4n) is 2.56. The third-order valence-electron chi connectivity index (χ3n) is 4.06. The Hall–Kier alpha value is -3.13. The Bertz CT molecular complexity index is 985. The van der Waals surface area contributed by atoms with E-state index in [1.165, 1.54) is 4.90 Å². The molecule has 0 aliphatic heterocycles. The molecule has 2 aromatic carbocycles. The number of amides is 2. The second kappa shape index (κ2) is 8.71. The number of hydrogen-bond donors (Lipinski definition) is 2. The van der Waals surface area contributed by atoms with Gasteiger partial charge in [0, 0.05) is 24.8 Å². The number of anilines is 1. The maximum Gasteiger partial charge on any atom is 0.321 e. The summed E-state index contributed by atoms with van der Waals surface area (Å²) in [5.74, 6) is -0.108. The molecule has 0 radical (unpaired) electrons. The van der Waals surface area contributed by atoms with Crippen LogP contribution < -0.4 is 10.1 Å². The highest BCUT2D eigenvalue weighted by Crippen LogP contribution is 2.32. The summed E-state index contributed by atoms with van der Waals surface area (Å²) in [5.41, 5.74) is 2.51. The molecule has 7 nitrogen and oxygen atoms in total. The molecule has 0 spiro atoms. The van der Waals surface area contributed by atoms with Gasteiger partial charge in [0.25, 0.3) is 0 Å². The van der Waals surface area contributed by atoms with Crippen molar-refractivity contribution in [2.24, 2.45) is 0 Å². The van der Waals surface area contributed by atoms with E-state index < -0.39 is 5.97 Å². The maximum atomic E-state index is 12.1. The molecule has 2 N–H and O–H groups in total. The van der Waals surface area contributed by atoms with Crippen LogP contribution in [0.1, 0.15) is 13.3 Å². The number of benzene rings is 2. The minimum absolute atomic E-state index is 0.0918. The van der Waals surface area contributed by atoms with Crippen LogP contribution >= 0.6 is 11.3 Å². The van der Waals surface area contributed by atoms with Crippen molar-refractivity contribution in [3.8, 4) is 16.3 Å². The largest absolute Gasteiger partial charge is 0.494 e. The number of carboxylic acid groups (broad SMARTS) is 1. The Labute approximate surface area is 166 Å². The minimum atomic E-state index is -0.937. The first-order chi connectivity index (χ1) is 13.5. The predicted molar refractivity (Wildman–Crippen MR) is 110 cm³/mol.